The van der Waals surface area contributed by atoms with E-state index >= 15 is 0 Å². The third-order valence-corrected chi connectivity index (χ3v) is 3.87. The molecule has 1 aromatic carbocycles. The molecule has 1 heterocycles. The summed E-state index contributed by atoms with van der Waals surface area (Å²) in [5.41, 5.74) is 2.62. The van der Waals surface area contributed by atoms with Crippen LogP contribution in [0.3, 0.4) is 0 Å². The first kappa shape index (κ1) is 15.4. The number of amides is 1. The highest BCUT2D eigenvalue weighted by molar-refractivity contribution is 7.98. The molecular formula is C16H18N2O2S. The van der Waals surface area contributed by atoms with Crippen molar-refractivity contribution in [2.24, 2.45) is 0 Å². The maximum atomic E-state index is 12.3. The Morgan fingerprint density at radius 1 is 1.33 bits per heavy atom. The monoisotopic (exact) mass is 302 g/mol. The van der Waals surface area contributed by atoms with Gasteiger partial charge in [-0.05, 0) is 36.4 Å². The first-order chi connectivity index (χ1) is 10.1. The van der Waals surface area contributed by atoms with E-state index in [1.807, 2.05) is 37.4 Å². The van der Waals surface area contributed by atoms with E-state index in [9.17, 15) is 4.79 Å². The van der Waals surface area contributed by atoms with E-state index < -0.39 is 0 Å². The quantitative estimate of drug-likeness (QED) is 0.863. The van der Waals surface area contributed by atoms with Gasteiger partial charge in [0.15, 0.2) is 0 Å². The fourth-order valence-corrected chi connectivity index (χ4v) is 2.33. The first-order valence-electron chi connectivity index (χ1n) is 6.56. The average Bonchev–Trinajstić information content (AvgIpc) is 2.53. The van der Waals surface area contributed by atoms with Crippen molar-refractivity contribution in [2.45, 2.75) is 18.4 Å². The van der Waals surface area contributed by atoms with Crippen molar-refractivity contribution < 1.29 is 9.53 Å². The van der Waals surface area contributed by atoms with Crippen LogP contribution in [0.15, 0.2) is 41.4 Å². The van der Waals surface area contributed by atoms with Crippen LogP contribution < -0.4 is 10.1 Å². The van der Waals surface area contributed by atoms with Crippen molar-refractivity contribution in [1.29, 1.82) is 0 Å². The average molecular weight is 302 g/mol. The minimum atomic E-state index is -0.0702. The fourth-order valence-electron chi connectivity index (χ4n) is 1.89. The lowest BCUT2D eigenvalue weighted by Gasteiger charge is -2.09. The molecular weight excluding hydrogens is 284 g/mol. The van der Waals surface area contributed by atoms with E-state index in [0.29, 0.717) is 18.0 Å². The first-order valence-corrected chi connectivity index (χ1v) is 7.78. The number of methoxy groups -OCH3 is 1. The highest BCUT2D eigenvalue weighted by atomic mass is 32.2. The van der Waals surface area contributed by atoms with E-state index in [1.54, 1.807) is 31.1 Å². The van der Waals surface area contributed by atoms with Crippen molar-refractivity contribution in [2.75, 3.05) is 13.4 Å². The third-order valence-electron chi connectivity index (χ3n) is 3.15. The molecule has 1 amide bonds. The number of benzene rings is 1. The number of aromatic nitrogens is 1. The van der Waals surface area contributed by atoms with Gasteiger partial charge in [0.2, 0.25) is 5.88 Å². The van der Waals surface area contributed by atoms with Gasteiger partial charge in [0.25, 0.3) is 5.91 Å². The molecule has 0 atom stereocenters. The summed E-state index contributed by atoms with van der Waals surface area (Å²) in [7, 11) is 1.57. The molecule has 0 radical (unpaired) electrons. The van der Waals surface area contributed by atoms with Crippen LogP contribution in [-0.4, -0.2) is 24.3 Å². The number of nitrogens with one attached hydrogen (secondary N) is 1. The highest BCUT2D eigenvalue weighted by Gasteiger charge is 2.09. The zero-order valence-electron chi connectivity index (χ0n) is 12.3. The fraction of sp³-hybridized carbons (Fsp3) is 0.250. The van der Waals surface area contributed by atoms with Crippen molar-refractivity contribution in [3.8, 4) is 5.88 Å². The van der Waals surface area contributed by atoms with Crippen molar-refractivity contribution >= 4 is 17.7 Å². The predicted molar refractivity (Wildman–Crippen MR) is 84.9 cm³/mol. The lowest BCUT2D eigenvalue weighted by atomic mass is 10.1. The summed E-state index contributed by atoms with van der Waals surface area (Å²) < 4.78 is 5.00. The van der Waals surface area contributed by atoms with Gasteiger partial charge in [-0.3, -0.25) is 4.79 Å². The molecule has 4 nitrogen and oxygen atoms in total. The molecule has 0 aliphatic rings. The van der Waals surface area contributed by atoms with Crippen LogP contribution in [0.2, 0.25) is 0 Å². The van der Waals surface area contributed by atoms with Crippen LogP contribution in [0.25, 0.3) is 0 Å². The molecule has 2 aromatic rings. The summed E-state index contributed by atoms with van der Waals surface area (Å²) in [5, 5.41) is 2.92. The second-order valence-electron chi connectivity index (χ2n) is 4.57. The van der Waals surface area contributed by atoms with Gasteiger partial charge < -0.3 is 10.1 Å². The Hall–Kier alpha value is -2.01. The topological polar surface area (TPSA) is 51.2 Å². The number of hydrogen-bond donors (Lipinski definition) is 1. The third kappa shape index (κ3) is 3.98. The van der Waals surface area contributed by atoms with Gasteiger partial charge in [-0.1, -0.05) is 12.1 Å². The molecule has 0 bridgehead atoms. The SMILES string of the molecule is COc1ccc(CNC(=O)c2cc(SC)ccc2C)cn1. The van der Waals surface area contributed by atoms with Crippen LogP contribution in [0.4, 0.5) is 0 Å². The van der Waals surface area contributed by atoms with E-state index in [2.05, 4.69) is 10.3 Å². The minimum absolute atomic E-state index is 0.0702. The summed E-state index contributed by atoms with van der Waals surface area (Å²) in [4.78, 5) is 17.5. The summed E-state index contributed by atoms with van der Waals surface area (Å²) in [6.45, 7) is 2.38. The van der Waals surface area contributed by atoms with Gasteiger partial charge in [0.05, 0.1) is 7.11 Å². The van der Waals surface area contributed by atoms with Gasteiger partial charge in [-0.25, -0.2) is 4.98 Å². The van der Waals surface area contributed by atoms with E-state index in [4.69, 9.17) is 4.74 Å². The second-order valence-corrected chi connectivity index (χ2v) is 5.45. The molecule has 110 valence electrons. The molecule has 0 fully saturated rings. The zero-order valence-corrected chi connectivity index (χ0v) is 13.2. The summed E-state index contributed by atoms with van der Waals surface area (Å²) in [5.74, 6) is 0.493. The number of ether oxygens (including phenoxy) is 1. The molecule has 5 heteroatoms. The van der Waals surface area contributed by atoms with Crippen molar-refractivity contribution in [3.63, 3.8) is 0 Å². The van der Waals surface area contributed by atoms with E-state index in [0.717, 1.165) is 16.0 Å². The number of rotatable bonds is 5. The molecule has 0 unspecified atom stereocenters. The second kappa shape index (κ2) is 7.13. The standard InChI is InChI=1S/C16H18N2O2S/c1-11-4-6-13(21-3)8-14(11)16(19)18-10-12-5-7-15(20-2)17-9-12/h4-9H,10H2,1-3H3,(H,18,19). The number of pyridine rings is 1. The van der Waals surface area contributed by atoms with Crippen molar-refractivity contribution in [3.05, 3.63) is 53.2 Å². The summed E-state index contributed by atoms with van der Waals surface area (Å²) in [6, 6.07) is 9.57. The molecule has 0 saturated heterocycles. The number of carbonyl (C=O) groups excluding carboxylic acids is 1. The number of nitrogens with zero attached hydrogens (tertiary/aromatic N) is 1. The lowest BCUT2D eigenvalue weighted by molar-refractivity contribution is 0.0950. The molecule has 0 spiro atoms. The van der Waals surface area contributed by atoms with Gasteiger partial charge in [0, 0.05) is 29.3 Å². The Balaban J connectivity index is 2.04. The van der Waals surface area contributed by atoms with Gasteiger partial charge in [-0.15, -0.1) is 11.8 Å². The summed E-state index contributed by atoms with van der Waals surface area (Å²) >= 11 is 1.62. The van der Waals surface area contributed by atoms with Gasteiger partial charge in [0.1, 0.15) is 0 Å². The number of carbonyl (C=O) groups is 1. The van der Waals surface area contributed by atoms with E-state index in [1.165, 1.54) is 0 Å². The van der Waals surface area contributed by atoms with Gasteiger partial charge >= 0.3 is 0 Å². The van der Waals surface area contributed by atoms with Gasteiger partial charge in [-0.2, -0.15) is 0 Å². The largest absolute Gasteiger partial charge is 0.481 e. The van der Waals surface area contributed by atoms with Crippen LogP contribution in [0, 0.1) is 6.92 Å². The maximum Gasteiger partial charge on any atom is 0.251 e. The molecule has 2 rings (SSSR count). The molecule has 0 aliphatic carbocycles. The lowest BCUT2D eigenvalue weighted by Crippen LogP contribution is -2.23. The highest BCUT2D eigenvalue weighted by Crippen LogP contribution is 2.19. The summed E-state index contributed by atoms with van der Waals surface area (Å²) in [6.07, 6.45) is 3.69. The molecule has 1 aromatic heterocycles. The van der Waals surface area contributed by atoms with Crippen LogP contribution in [0.5, 0.6) is 5.88 Å². The Bertz CT molecular complexity index is 627. The predicted octanol–water partition coefficient (Wildman–Crippen LogP) is 3.05. The smallest absolute Gasteiger partial charge is 0.251 e. The number of aryl methyl sites for hydroxylation is 1. The Morgan fingerprint density at radius 2 is 2.14 bits per heavy atom. The minimum Gasteiger partial charge on any atom is -0.481 e. The normalized spacial score (nSPS) is 10.2. The Labute approximate surface area is 128 Å². The Kier molecular flexibility index (Phi) is 5.22. The Morgan fingerprint density at radius 3 is 2.76 bits per heavy atom. The van der Waals surface area contributed by atoms with Crippen LogP contribution in [-0.2, 0) is 6.54 Å². The number of thioether (sulfide) groups is 1. The van der Waals surface area contributed by atoms with E-state index in [-0.39, 0.29) is 5.91 Å². The molecule has 21 heavy (non-hydrogen) atoms. The number of hydrogen-bond acceptors (Lipinski definition) is 4. The maximum absolute atomic E-state index is 12.3. The van der Waals surface area contributed by atoms with Crippen LogP contribution >= 0.6 is 11.8 Å². The molecule has 0 saturated carbocycles. The zero-order chi connectivity index (χ0) is 15.2. The van der Waals surface area contributed by atoms with Crippen molar-refractivity contribution in [1.82, 2.24) is 10.3 Å². The van der Waals surface area contributed by atoms with Crippen LogP contribution in [0.1, 0.15) is 21.5 Å². The molecule has 0 aliphatic heterocycles. The molecule has 1 N–H and O–H groups in total.